The minimum Gasteiger partial charge on any atom is -0.453 e. The van der Waals surface area contributed by atoms with Crippen molar-refractivity contribution in [1.82, 2.24) is 5.32 Å². The average Bonchev–Trinajstić information content (AvgIpc) is 2.19. The van der Waals surface area contributed by atoms with Gasteiger partial charge in [-0.25, -0.2) is 4.79 Å². The maximum absolute atomic E-state index is 10.8. The van der Waals surface area contributed by atoms with Crippen molar-refractivity contribution in [3.05, 3.63) is 34.9 Å². The molecule has 1 aromatic carbocycles. The highest BCUT2D eigenvalue weighted by molar-refractivity contribution is 5.66. The Balaban J connectivity index is 2.66. The summed E-state index contributed by atoms with van der Waals surface area (Å²) in [6, 6.07) is 6.16. The first-order valence-corrected chi connectivity index (χ1v) is 4.51. The van der Waals surface area contributed by atoms with Gasteiger partial charge in [0.05, 0.1) is 7.11 Å². The molecule has 0 atom stereocenters. The van der Waals surface area contributed by atoms with E-state index in [0.29, 0.717) is 6.54 Å². The first kappa shape index (κ1) is 10.6. The van der Waals surface area contributed by atoms with E-state index in [2.05, 4.69) is 22.2 Å². The quantitative estimate of drug-likeness (QED) is 0.781. The van der Waals surface area contributed by atoms with Gasteiger partial charge in [0.25, 0.3) is 0 Å². The Bertz CT molecular complexity index is 334. The zero-order valence-corrected chi connectivity index (χ0v) is 8.76. The highest BCUT2D eigenvalue weighted by Crippen LogP contribution is 2.09. The van der Waals surface area contributed by atoms with Crippen molar-refractivity contribution in [2.24, 2.45) is 0 Å². The zero-order valence-electron chi connectivity index (χ0n) is 8.76. The van der Waals surface area contributed by atoms with Crippen molar-refractivity contribution in [3.8, 4) is 0 Å². The van der Waals surface area contributed by atoms with Crippen molar-refractivity contribution in [1.29, 1.82) is 0 Å². The number of carbonyl (C=O) groups excluding carboxylic acids is 1. The molecule has 0 spiro atoms. The molecule has 0 aromatic heterocycles. The van der Waals surface area contributed by atoms with Gasteiger partial charge in [0, 0.05) is 6.54 Å². The van der Waals surface area contributed by atoms with Gasteiger partial charge in [-0.3, -0.25) is 0 Å². The molecular weight excluding hydrogens is 178 g/mol. The molecule has 3 nitrogen and oxygen atoms in total. The van der Waals surface area contributed by atoms with Crippen LogP contribution < -0.4 is 5.32 Å². The summed E-state index contributed by atoms with van der Waals surface area (Å²) in [5.41, 5.74) is 3.49. The van der Waals surface area contributed by atoms with Gasteiger partial charge in [0.1, 0.15) is 0 Å². The number of hydrogen-bond donors (Lipinski definition) is 1. The summed E-state index contributed by atoms with van der Waals surface area (Å²) >= 11 is 0. The van der Waals surface area contributed by atoms with E-state index in [-0.39, 0.29) is 0 Å². The number of ether oxygens (including phenoxy) is 1. The van der Waals surface area contributed by atoms with E-state index in [0.717, 1.165) is 5.56 Å². The molecule has 1 N–H and O–H groups in total. The lowest BCUT2D eigenvalue weighted by Gasteiger charge is -2.07. The van der Waals surface area contributed by atoms with Crippen molar-refractivity contribution >= 4 is 6.09 Å². The van der Waals surface area contributed by atoms with Crippen LogP contribution in [0.3, 0.4) is 0 Å². The van der Waals surface area contributed by atoms with E-state index < -0.39 is 6.09 Å². The van der Waals surface area contributed by atoms with Crippen molar-refractivity contribution in [2.75, 3.05) is 7.11 Å². The first-order valence-electron chi connectivity index (χ1n) is 4.51. The molecule has 0 radical (unpaired) electrons. The van der Waals surface area contributed by atoms with E-state index in [1.165, 1.54) is 18.2 Å². The van der Waals surface area contributed by atoms with E-state index in [1.807, 2.05) is 19.9 Å². The number of aryl methyl sites for hydroxylation is 2. The number of amides is 1. The fourth-order valence-electron chi connectivity index (χ4n) is 1.23. The molecule has 0 aliphatic carbocycles. The van der Waals surface area contributed by atoms with Crippen molar-refractivity contribution in [3.63, 3.8) is 0 Å². The second kappa shape index (κ2) is 4.65. The number of benzene rings is 1. The Morgan fingerprint density at radius 3 is 2.79 bits per heavy atom. The maximum Gasteiger partial charge on any atom is 0.407 e. The van der Waals surface area contributed by atoms with Gasteiger partial charge in [-0.05, 0) is 25.0 Å². The summed E-state index contributed by atoms with van der Waals surface area (Å²) in [6.45, 7) is 4.56. The molecule has 0 aliphatic rings. The lowest BCUT2D eigenvalue weighted by Crippen LogP contribution is -2.22. The third-order valence-corrected chi connectivity index (χ3v) is 2.11. The lowest BCUT2D eigenvalue weighted by molar-refractivity contribution is 0.170. The molecule has 0 saturated heterocycles. The third-order valence-electron chi connectivity index (χ3n) is 2.11. The van der Waals surface area contributed by atoms with Crippen LogP contribution in [0, 0.1) is 13.8 Å². The van der Waals surface area contributed by atoms with Crippen LogP contribution in [0.1, 0.15) is 16.7 Å². The highest BCUT2D eigenvalue weighted by Gasteiger charge is 2.01. The fourth-order valence-corrected chi connectivity index (χ4v) is 1.23. The van der Waals surface area contributed by atoms with Crippen LogP contribution >= 0.6 is 0 Å². The number of hydrogen-bond acceptors (Lipinski definition) is 2. The summed E-state index contributed by atoms with van der Waals surface area (Å²) in [4.78, 5) is 10.8. The fraction of sp³-hybridized carbons (Fsp3) is 0.364. The summed E-state index contributed by atoms with van der Waals surface area (Å²) in [7, 11) is 1.36. The van der Waals surface area contributed by atoms with E-state index in [9.17, 15) is 4.79 Å². The molecule has 0 unspecified atom stereocenters. The normalized spacial score (nSPS) is 9.64. The van der Waals surface area contributed by atoms with Crippen LogP contribution in [-0.2, 0) is 11.3 Å². The molecule has 1 aromatic rings. The third kappa shape index (κ3) is 2.76. The number of nitrogens with one attached hydrogen (secondary N) is 1. The maximum atomic E-state index is 10.8. The van der Waals surface area contributed by atoms with Crippen LogP contribution in [0.25, 0.3) is 0 Å². The zero-order chi connectivity index (χ0) is 10.6. The monoisotopic (exact) mass is 193 g/mol. The standard InChI is InChI=1S/C11H15NO2/c1-8-4-5-9(2)10(6-8)7-12-11(13)14-3/h4-6H,7H2,1-3H3,(H,12,13). The Morgan fingerprint density at radius 1 is 1.43 bits per heavy atom. The summed E-state index contributed by atoms with van der Waals surface area (Å²) in [6.07, 6.45) is -0.397. The SMILES string of the molecule is COC(=O)NCc1cc(C)ccc1C. The Morgan fingerprint density at radius 2 is 2.14 bits per heavy atom. The Labute approximate surface area is 84.1 Å². The Kier molecular flexibility index (Phi) is 3.51. The van der Waals surface area contributed by atoms with E-state index in [4.69, 9.17) is 0 Å². The average molecular weight is 193 g/mol. The minimum atomic E-state index is -0.397. The van der Waals surface area contributed by atoms with Crippen LogP contribution in [-0.4, -0.2) is 13.2 Å². The topological polar surface area (TPSA) is 38.3 Å². The second-order valence-corrected chi connectivity index (χ2v) is 3.28. The smallest absolute Gasteiger partial charge is 0.407 e. The number of methoxy groups -OCH3 is 1. The molecule has 0 saturated carbocycles. The highest BCUT2D eigenvalue weighted by atomic mass is 16.5. The summed E-state index contributed by atoms with van der Waals surface area (Å²) in [5, 5.41) is 2.66. The molecular formula is C11H15NO2. The van der Waals surface area contributed by atoms with Gasteiger partial charge in [-0.2, -0.15) is 0 Å². The van der Waals surface area contributed by atoms with Gasteiger partial charge < -0.3 is 10.1 Å². The number of alkyl carbamates (subject to hydrolysis) is 1. The number of rotatable bonds is 2. The van der Waals surface area contributed by atoms with Gasteiger partial charge in [0.2, 0.25) is 0 Å². The molecule has 0 fully saturated rings. The predicted octanol–water partition coefficient (Wildman–Crippen LogP) is 2.16. The van der Waals surface area contributed by atoms with Crippen LogP contribution in [0.4, 0.5) is 4.79 Å². The van der Waals surface area contributed by atoms with E-state index in [1.54, 1.807) is 0 Å². The lowest BCUT2D eigenvalue weighted by atomic mass is 10.1. The molecule has 3 heteroatoms. The molecule has 76 valence electrons. The van der Waals surface area contributed by atoms with Gasteiger partial charge in [-0.15, -0.1) is 0 Å². The van der Waals surface area contributed by atoms with Crippen LogP contribution in [0.2, 0.25) is 0 Å². The summed E-state index contributed by atoms with van der Waals surface area (Å²) in [5.74, 6) is 0. The summed E-state index contributed by atoms with van der Waals surface area (Å²) < 4.78 is 4.49. The molecule has 0 bridgehead atoms. The Hall–Kier alpha value is -1.51. The molecule has 0 aliphatic heterocycles. The van der Waals surface area contributed by atoms with Crippen LogP contribution in [0.5, 0.6) is 0 Å². The minimum absolute atomic E-state index is 0.397. The largest absolute Gasteiger partial charge is 0.453 e. The molecule has 14 heavy (non-hydrogen) atoms. The van der Waals surface area contributed by atoms with Crippen molar-refractivity contribution < 1.29 is 9.53 Å². The van der Waals surface area contributed by atoms with Gasteiger partial charge in [0.15, 0.2) is 0 Å². The first-order chi connectivity index (χ1) is 6.63. The van der Waals surface area contributed by atoms with Crippen LogP contribution in [0.15, 0.2) is 18.2 Å². The molecule has 0 heterocycles. The van der Waals surface area contributed by atoms with E-state index >= 15 is 0 Å². The second-order valence-electron chi connectivity index (χ2n) is 3.28. The molecule has 1 rings (SSSR count). The van der Waals surface area contributed by atoms with Gasteiger partial charge >= 0.3 is 6.09 Å². The van der Waals surface area contributed by atoms with Gasteiger partial charge in [-0.1, -0.05) is 23.8 Å². The predicted molar refractivity (Wildman–Crippen MR) is 55.2 cm³/mol. The number of carbonyl (C=O) groups is 1. The molecule has 1 amide bonds. The van der Waals surface area contributed by atoms with Crippen molar-refractivity contribution in [2.45, 2.75) is 20.4 Å².